The molecule has 0 saturated heterocycles. The number of aryl methyl sites for hydroxylation is 2. The number of pyridine rings is 1. The van der Waals surface area contributed by atoms with Gasteiger partial charge in [0.25, 0.3) is 0 Å². The van der Waals surface area contributed by atoms with Crippen molar-refractivity contribution in [1.29, 1.82) is 0 Å². The molecule has 236 valence electrons. The molecule has 0 aliphatic heterocycles. The fraction of sp³-hybridized carbons (Fsp3) is 0.0455. The molecule has 8 aromatic rings. The Morgan fingerprint density at radius 2 is 1.18 bits per heavy atom. The van der Waals surface area contributed by atoms with Crippen molar-refractivity contribution in [3.05, 3.63) is 169 Å². The molecule has 0 unspecified atom stereocenters. The number of para-hydroxylation sites is 3. The van der Waals surface area contributed by atoms with E-state index in [1.165, 1.54) is 11.1 Å². The van der Waals surface area contributed by atoms with E-state index in [9.17, 15) is 5.11 Å². The summed E-state index contributed by atoms with van der Waals surface area (Å²) in [6, 6.07) is 53.5. The molecule has 2 heterocycles. The van der Waals surface area contributed by atoms with Crippen LogP contribution in [0.4, 0.5) is 17.1 Å². The molecule has 6 aromatic carbocycles. The summed E-state index contributed by atoms with van der Waals surface area (Å²) < 4.78 is 2.05. The Kier molecular flexibility index (Phi) is 7.71. The first kappa shape index (κ1) is 29.9. The summed E-state index contributed by atoms with van der Waals surface area (Å²) in [6.07, 6.45) is 1.95. The highest BCUT2D eigenvalue weighted by Gasteiger charge is 2.19. The maximum Gasteiger partial charge on any atom is 0.144 e. The first-order valence-electron chi connectivity index (χ1n) is 16.4. The van der Waals surface area contributed by atoms with Gasteiger partial charge in [-0.3, -0.25) is 4.98 Å². The standard InChI is InChI=1S/C44H34N4O/c1-30-29-45-40(28-39(30)31-14-6-3-7-15-31)33-17-12-16-32(26-33)37-22-13-23-41-43(37)46-44(47(41)2)38-25-24-36(27-42(38)49)48(34-18-8-4-9-19-34)35-20-10-5-11-21-35/h3-29,49H,1-2H3. The molecular formula is C44H34N4O. The number of aromatic nitrogens is 3. The second-order valence-corrected chi connectivity index (χ2v) is 12.2. The van der Waals surface area contributed by atoms with Crippen LogP contribution < -0.4 is 4.90 Å². The zero-order chi connectivity index (χ0) is 33.3. The number of fused-ring (bicyclic) bond motifs is 1. The van der Waals surface area contributed by atoms with Crippen molar-refractivity contribution in [1.82, 2.24) is 14.5 Å². The molecule has 0 aliphatic rings. The van der Waals surface area contributed by atoms with E-state index in [0.29, 0.717) is 11.4 Å². The molecule has 0 atom stereocenters. The molecule has 8 rings (SSSR count). The van der Waals surface area contributed by atoms with Crippen molar-refractivity contribution in [2.45, 2.75) is 6.92 Å². The smallest absolute Gasteiger partial charge is 0.144 e. The summed E-state index contributed by atoms with van der Waals surface area (Å²) in [5.74, 6) is 0.859. The second-order valence-electron chi connectivity index (χ2n) is 12.2. The lowest BCUT2D eigenvalue weighted by atomic mass is 9.97. The summed E-state index contributed by atoms with van der Waals surface area (Å²) in [4.78, 5) is 12.1. The monoisotopic (exact) mass is 634 g/mol. The topological polar surface area (TPSA) is 54.2 Å². The number of aromatic hydroxyl groups is 1. The molecule has 0 fully saturated rings. The number of phenolic OH excluding ortho intramolecular Hbond substituents is 1. The molecule has 1 N–H and O–H groups in total. The highest BCUT2D eigenvalue weighted by atomic mass is 16.3. The van der Waals surface area contributed by atoms with Crippen molar-refractivity contribution in [2.24, 2.45) is 7.05 Å². The Hall–Kier alpha value is -6.46. The fourth-order valence-corrected chi connectivity index (χ4v) is 6.59. The zero-order valence-corrected chi connectivity index (χ0v) is 27.3. The van der Waals surface area contributed by atoms with E-state index in [0.717, 1.165) is 56.0 Å². The van der Waals surface area contributed by atoms with Gasteiger partial charge in [0.15, 0.2) is 0 Å². The third-order valence-corrected chi connectivity index (χ3v) is 9.08. The average molecular weight is 635 g/mol. The van der Waals surface area contributed by atoms with Gasteiger partial charge in [0, 0.05) is 47.5 Å². The predicted octanol–water partition coefficient (Wildman–Crippen LogP) is 11.1. The molecule has 0 bridgehead atoms. The van der Waals surface area contributed by atoms with Gasteiger partial charge in [-0.25, -0.2) is 4.98 Å². The van der Waals surface area contributed by atoms with Crippen LogP contribution in [-0.4, -0.2) is 19.6 Å². The minimum Gasteiger partial charge on any atom is -0.507 e. The van der Waals surface area contributed by atoms with E-state index < -0.39 is 0 Å². The van der Waals surface area contributed by atoms with E-state index >= 15 is 0 Å². The van der Waals surface area contributed by atoms with E-state index in [4.69, 9.17) is 9.97 Å². The van der Waals surface area contributed by atoms with E-state index in [1.807, 2.05) is 73.9 Å². The summed E-state index contributed by atoms with van der Waals surface area (Å²) in [5.41, 5.74) is 12.9. The molecule has 2 aromatic heterocycles. The number of benzene rings is 6. The number of phenols is 1. The number of hydrogen-bond acceptors (Lipinski definition) is 4. The molecule has 0 radical (unpaired) electrons. The van der Waals surface area contributed by atoms with Crippen LogP contribution in [0.2, 0.25) is 0 Å². The summed E-state index contributed by atoms with van der Waals surface area (Å²) in [6.45, 7) is 2.10. The Balaban J connectivity index is 1.18. The van der Waals surface area contributed by atoms with Crippen LogP contribution in [0.1, 0.15) is 5.56 Å². The number of anilines is 3. The first-order valence-corrected chi connectivity index (χ1v) is 16.4. The van der Waals surface area contributed by atoms with Crippen LogP contribution in [0.25, 0.3) is 55.9 Å². The van der Waals surface area contributed by atoms with Gasteiger partial charge in [0.05, 0.1) is 22.3 Å². The number of imidazole rings is 1. The van der Waals surface area contributed by atoms with E-state index in [2.05, 4.69) is 113 Å². The van der Waals surface area contributed by atoms with Gasteiger partial charge in [0.1, 0.15) is 11.6 Å². The summed E-state index contributed by atoms with van der Waals surface area (Å²) >= 11 is 0. The van der Waals surface area contributed by atoms with Crippen molar-refractivity contribution in [3.8, 4) is 50.6 Å². The third-order valence-electron chi connectivity index (χ3n) is 9.08. The highest BCUT2D eigenvalue weighted by molar-refractivity contribution is 5.95. The fourth-order valence-electron chi connectivity index (χ4n) is 6.59. The predicted molar refractivity (Wildman–Crippen MR) is 201 cm³/mol. The maximum absolute atomic E-state index is 11.5. The lowest BCUT2D eigenvalue weighted by Crippen LogP contribution is -2.09. The molecule has 5 heteroatoms. The van der Waals surface area contributed by atoms with Gasteiger partial charge < -0.3 is 14.6 Å². The molecule has 0 spiro atoms. The number of rotatable bonds is 7. The Morgan fingerprint density at radius 1 is 0.551 bits per heavy atom. The minimum atomic E-state index is 0.163. The van der Waals surface area contributed by atoms with Crippen LogP contribution >= 0.6 is 0 Å². The van der Waals surface area contributed by atoms with Gasteiger partial charge in [-0.2, -0.15) is 0 Å². The highest BCUT2D eigenvalue weighted by Crippen LogP contribution is 2.41. The Morgan fingerprint density at radius 3 is 1.88 bits per heavy atom. The SMILES string of the molecule is Cc1cnc(-c2cccc(-c3cccc4c3nc(-c3ccc(N(c5ccccc5)c5ccccc5)cc3O)n4C)c2)cc1-c1ccccc1. The van der Waals surface area contributed by atoms with E-state index in [1.54, 1.807) is 0 Å². The Labute approximate surface area is 286 Å². The molecule has 49 heavy (non-hydrogen) atoms. The van der Waals surface area contributed by atoms with Gasteiger partial charge in [-0.1, -0.05) is 97.1 Å². The largest absolute Gasteiger partial charge is 0.507 e. The van der Waals surface area contributed by atoms with Crippen LogP contribution in [0.3, 0.4) is 0 Å². The van der Waals surface area contributed by atoms with Crippen molar-refractivity contribution >= 4 is 28.1 Å². The van der Waals surface area contributed by atoms with Crippen molar-refractivity contribution in [3.63, 3.8) is 0 Å². The third kappa shape index (κ3) is 5.62. The number of hydrogen-bond donors (Lipinski definition) is 1. The Bertz CT molecular complexity index is 2380. The lowest BCUT2D eigenvalue weighted by molar-refractivity contribution is 0.477. The average Bonchev–Trinajstić information content (AvgIpc) is 3.49. The molecule has 0 saturated carbocycles. The van der Waals surface area contributed by atoms with Crippen molar-refractivity contribution < 1.29 is 5.11 Å². The van der Waals surface area contributed by atoms with Gasteiger partial charge >= 0.3 is 0 Å². The van der Waals surface area contributed by atoms with Crippen LogP contribution in [-0.2, 0) is 7.05 Å². The maximum atomic E-state index is 11.5. The van der Waals surface area contributed by atoms with Crippen LogP contribution in [0.15, 0.2) is 164 Å². The number of nitrogens with zero attached hydrogens (tertiary/aromatic N) is 4. The second kappa shape index (κ2) is 12.6. The van der Waals surface area contributed by atoms with Gasteiger partial charge in [-0.15, -0.1) is 0 Å². The zero-order valence-electron chi connectivity index (χ0n) is 27.3. The lowest BCUT2D eigenvalue weighted by Gasteiger charge is -2.25. The summed E-state index contributed by atoms with van der Waals surface area (Å²) in [5, 5.41) is 11.5. The molecule has 0 aliphatic carbocycles. The quantitative estimate of drug-likeness (QED) is 0.190. The molecular weight excluding hydrogens is 601 g/mol. The normalized spacial score (nSPS) is 11.1. The van der Waals surface area contributed by atoms with Crippen LogP contribution in [0, 0.1) is 6.92 Å². The first-order chi connectivity index (χ1) is 24.0. The van der Waals surface area contributed by atoms with Crippen molar-refractivity contribution in [2.75, 3.05) is 4.90 Å². The summed E-state index contributed by atoms with van der Waals surface area (Å²) in [7, 11) is 2.00. The van der Waals surface area contributed by atoms with E-state index in [-0.39, 0.29) is 5.75 Å². The molecule has 0 amide bonds. The van der Waals surface area contributed by atoms with Crippen LogP contribution in [0.5, 0.6) is 5.75 Å². The van der Waals surface area contributed by atoms with Gasteiger partial charge in [0.2, 0.25) is 0 Å². The van der Waals surface area contributed by atoms with Gasteiger partial charge in [-0.05, 0) is 83.8 Å². The minimum absolute atomic E-state index is 0.163. The molecule has 5 nitrogen and oxygen atoms in total.